The molecule has 1 N–H and O–H groups in total. The van der Waals surface area contributed by atoms with Gasteiger partial charge in [0, 0.05) is 28.4 Å². The number of anilines is 1. The second-order valence-corrected chi connectivity index (χ2v) is 8.14. The number of nitrogens with one attached hydrogen (secondary N) is 1. The quantitative estimate of drug-likeness (QED) is 0.262. The average Bonchev–Trinajstić information content (AvgIpc) is 3.24. The summed E-state index contributed by atoms with van der Waals surface area (Å²) in [5.41, 5.74) is 3.41. The minimum atomic E-state index is -0.428. The summed E-state index contributed by atoms with van der Waals surface area (Å²) in [7, 11) is 0. The molecule has 4 rings (SSSR count). The molecule has 0 radical (unpaired) electrons. The zero-order valence-electron chi connectivity index (χ0n) is 18.3. The smallest absolute Gasteiger partial charge is 0.272 e. The molecule has 0 saturated heterocycles. The number of nitro benzene ring substituents is 1. The number of hydrogen-bond donors (Lipinski definition) is 1. The van der Waals surface area contributed by atoms with E-state index in [1.54, 1.807) is 54.3 Å². The zero-order chi connectivity index (χ0) is 24.1. The van der Waals surface area contributed by atoms with Crippen LogP contribution >= 0.6 is 11.6 Å². The van der Waals surface area contributed by atoms with Gasteiger partial charge in [-0.25, -0.2) is 0 Å². The van der Waals surface area contributed by atoms with Crippen LogP contribution in [0.4, 0.5) is 11.4 Å². The number of carbonyl (C=O) groups is 1. The summed E-state index contributed by atoms with van der Waals surface area (Å²) in [5, 5.41) is 18.8. The number of aryl methyl sites for hydroxylation is 1. The van der Waals surface area contributed by atoms with Crippen molar-refractivity contribution in [3.05, 3.63) is 117 Å². The van der Waals surface area contributed by atoms with Crippen molar-refractivity contribution in [2.45, 2.75) is 20.1 Å². The summed E-state index contributed by atoms with van der Waals surface area (Å²) in [6.45, 7) is 2.41. The lowest BCUT2D eigenvalue weighted by atomic mass is 10.1. The van der Waals surface area contributed by atoms with Crippen molar-refractivity contribution in [2.75, 3.05) is 5.32 Å². The molecular formula is C25H21ClN4O4. The Balaban J connectivity index is 1.37. The predicted octanol–water partition coefficient (Wildman–Crippen LogP) is 5.63. The van der Waals surface area contributed by atoms with Crippen LogP contribution in [0.25, 0.3) is 0 Å². The van der Waals surface area contributed by atoms with Crippen molar-refractivity contribution in [3.8, 4) is 5.75 Å². The maximum Gasteiger partial charge on any atom is 0.272 e. The molecule has 172 valence electrons. The van der Waals surface area contributed by atoms with E-state index in [2.05, 4.69) is 10.4 Å². The number of aromatic nitrogens is 2. The molecule has 1 aromatic heterocycles. The molecule has 0 aliphatic rings. The van der Waals surface area contributed by atoms with Crippen molar-refractivity contribution in [2.24, 2.45) is 0 Å². The lowest BCUT2D eigenvalue weighted by Gasteiger charge is -2.09. The van der Waals surface area contributed by atoms with Gasteiger partial charge in [0.25, 0.3) is 11.6 Å². The van der Waals surface area contributed by atoms with Gasteiger partial charge in [0.05, 0.1) is 23.4 Å². The predicted molar refractivity (Wildman–Crippen MR) is 129 cm³/mol. The Morgan fingerprint density at radius 2 is 1.91 bits per heavy atom. The summed E-state index contributed by atoms with van der Waals surface area (Å²) in [5.74, 6) is 0.250. The third-order valence-corrected chi connectivity index (χ3v) is 5.32. The average molecular weight is 477 g/mol. The third-order valence-electron chi connectivity index (χ3n) is 5.08. The van der Waals surface area contributed by atoms with Crippen molar-refractivity contribution in [1.29, 1.82) is 0 Å². The fourth-order valence-corrected chi connectivity index (χ4v) is 3.64. The van der Waals surface area contributed by atoms with E-state index >= 15 is 0 Å². The Bertz CT molecular complexity index is 1350. The van der Waals surface area contributed by atoms with Gasteiger partial charge in [-0.1, -0.05) is 35.9 Å². The van der Waals surface area contributed by atoms with Crippen LogP contribution in [0.2, 0.25) is 5.02 Å². The highest BCUT2D eigenvalue weighted by Gasteiger charge is 2.12. The third kappa shape index (κ3) is 5.79. The molecule has 3 aromatic carbocycles. The molecule has 0 fully saturated rings. The van der Waals surface area contributed by atoms with Gasteiger partial charge < -0.3 is 10.1 Å². The molecule has 1 amide bonds. The molecule has 0 saturated carbocycles. The first kappa shape index (κ1) is 23.0. The molecule has 4 aromatic rings. The lowest BCUT2D eigenvalue weighted by molar-refractivity contribution is -0.385. The summed E-state index contributed by atoms with van der Waals surface area (Å²) < 4.78 is 7.47. The number of ether oxygens (including phenoxy) is 1. The molecule has 0 bridgehead atoms. The number of benzene rings is 3. The van der Waals surface area contributed by atoms with Gasteiger partial charge in [-0.05, 0) is 54.4 Å². The fourth-order valence-electron chi connectivity index (χ4n) is 3.43. The topological polar surface area (TPSA) is 99.3 Å². The van der Waals surface area contributed by atoms with E-state index in [1.165, 1.54) is 6.07 Å². The number of halogens is 1. The second kappa shape index (κ2) is 10.2. The molecule has 9 heteroatoms. The number of rotatable bonds is 8. The second-order valence-electron chi connectivity index (χ2n) is 7.71. The number of nitro groups is 1. The molecule has 1 heterocycles. The van der Waals surface area contributed by atoms with Crippen molar-refractivity contribution in [3.63, 3.8) is 0 Å². The summed E-state index contributed by atoms with van der Waals surface area (Å²) in [6.07, 6.45) is 3.34. The van der Waals surface area contributed by atoms with Gasteiger partial charge in [0.1, 0.15) is 12.4 Å². The minimum Gasteiger partial charge on any atom is -0.489 e. The first-order valence-corrected chi connectivity index (χ1v) is 10.8. The van der Waals surface area contributed by atoms with Crippen LogP contribution in [0.1, 0.15) is 27.0 Å². The minimum absolute atomic E-state index is 0.0434. The number of carbonyl (C=O) groups excluding carboxylic acids is 1. The normalized spacial score (nSPS) is 10.6. The van der Waals surface area contributed by atoms with Crippen LogP contribution in [0.15, 0.2) is 79.1 Å². The molecule has 0 unspecified atom stereocenters. The van der Waals surface area contributed by atoms with Crippen LogP contribution in [0.3, 0.4) is 0 Å². The van der Waals surface area contributed by atoms with Crippen LogP contribution in [0.5, 0.6) is 5.75 Å². The molecule has 34 heavy (non-hydrogen) atoms. The number of hydrogen-bond acceptors (Lipinski definition) is 5. The van der Waals surface area contributed by atoms with Crippen molar-refractivity contribution in [1.82, 2.24) is 9.78 Å². The van der Waals surface area contributed by atoms with Crippen LogP contribution in [-0.2, 0) is 13.2 Å². The Morgan fingerprint density at radius 3 is 2.68 bits per heavy atom. The standard InChI is InChI=1S/C25H21ClN4O4/c1-17-10-23(8-9-24(17)30(32)33)34-16-19-5-2-6-20(11-19)25(31)28-22-13-27-29(15-22)14-18-4-3-7-21(26)12-18/h2-13,15H,14,16H2,1H3,(H,28,31). The molecule has 8 nitrogen and oxygen atoms in total. The van der Waals surface area contributed by atoms with E-state index in [0.717, 1.165) is 11.1 Å². The summed E-state index contributed by atoms with van der Waals surface area (Å²) >= 11 is 6.03. The first-order chi connectivity index (χ1) is 16.4. The van der Waals surface area contributed by atoms with Gasteiger partial charge >= 0.3 is 0 Å². The maximum absolute atomic E-state index is 12.7. The first-order valence-electron chi connectivity index (χ1n) is 10.4. The molecular weight excluding hydrogens is 456 g/mol. The van der Waals surface area contributed by atoms with E-state index < -0.39 is 4.92 Å². The van der Waals surface area contributed by atoms with E-state index in [-0.39, 0.29) is 18.2 Å². The fraction of sp³-hybridized carbons (Fsp3) is 0.120. The highest BCUT2D eigenvalue weighted by Crippen LogP contribution is 2.24. The molecule has 0 atom stereocenters. The van der Waals surface area contributed by atoms with E-state index in [4.69, 9.17) is 16.3 Å². The molecule has 0 spiro atoms. The van der Waals surface area contributed by atoms with Crippen molar-refractivity contribution >= 4 is 28.9 Å². The van der Waals surface area contributed by atoms with Crippen LogP contribution in [0, 0.1) is 17.0 Å². The largest absolute Gasteiger partial charge is 0.489 e. The van der Waals surface area contributed by atoms with Gasteiger partial charge in [0.2, 0.25) is 0 Å². The molecule has 0 aliphatic carbocycles. The SMILES string of the molecule is Cc1cc(OCc2cccc(C(=O)Nc3cnn(Cc4cccc(Cl)c4)c3)c2)ccc1[N+](=O)[O-]. The number of amides is 1. The Labute approximate surface area is 200 Å². The van der Waals surface area contributed by atoms with E-state index in [0.29, 0.717) is 34.1 Å². The summed E-state index contributed by atoms with van der Waals surface area (Å²) in [4.78, 5) is 23.3. The summed E-state index contributed by atoms with van der Waals surface area (Å²) in [6, 6.07) is 19.2. The van der Waals surface area contributed by atoms with Crippen molar-refractivity contribution < 1.29 is 14.5 Å². The zero-order valence-corrected chi connectivity index (χ0v) is 19.0. The Morgan fingerprint density at radius 1 is 1.12 bits per heavy atom. The van der Waals surface area contributed by atoms with Gasteiger partial charge in [-0.2, -0.15) is 5.10 Å². The Hall–Kier alpha value is -4.17. The number of nitrogens with zero attached hydrogens (tertiary/aromatic N) is 3. The van der Waals surface area contributed by atoms with Gasteiger partial charge in [-0.15, -0.1) is 0 Å². The van der Waals surface area contributed by atoms with E-state index in [9.17, 15) is 14.9 Å². The highest BCUT2D eigenvalue weighted by atomic mass is 35.5. The van der Waals surface area contributed by atoms with Gasteiger partial charge in [0.15, 0.2) is 0 Å². The highest BCUT2D eigenvalue weighted by molar-refractivity contribution is 6.30. The molecule has 0 aliphatic heterocycles. The van der Waals surface area contributed by atoms with Crippen LogP contribution < -0.4 is 10.1 Å². The Kier molecular flexibility index (Phi) is 6.89. The van der Waals surface area contributed by atoms with E-state index in [1.807, 2.05) is 30.3 Å². The monoisotopic (exact) mass is 476 g/mol. The lowest BCUT2D eigenvalue weighted by Crippen LogP contribution is -2.12. The maximum atomic E-state index is 12.7. The van der Waals surface area contributed by atoms with Gasteiger partial charge in [-0.3, -0.25) is 19.6 Å². The van der Waals surface area contributed by atoms with Crippen LogP contribution in [-0.4, -0.2) is 20.6 Å².